The molecule has 0 spiro atoms. The van der Waals surface area contributed by atoms with Gasteiger partial charge in [-0.25, -0.2) is 18.0 Å². The summed E-state index contributed by atoms with van der Waals surface area (Å²) in [6.07, 6.45) is -4.54. The standard InChI is InChI=1S/C21H24F3N5O6S/c1-11(2)10-35-20(32)29(36(5,33)34)28-18(30)14-8-13(17-6-7-25-27(17)12(3)4)15(21(22,23)24)9-16(14)26-19(28)31/h6-9,11-12H,10H2,1-5H3,(H,26,31). The van der Waals surface area contributed by atoms with Crippen LogP contribution >= 0.6 is 0 Å². The molecule has 0 unspecified atom stereocenters. The average Bonchev–Trinajstić information content (AvgIpc) is 3.23. The number of rotatable bonds is 6. The number of amides is 1. The van der Waals surface area contributed by atoms with Gasteiger partial charge in [-0.3, -0.25) is 9.48 Å². The van der Waals surface area contributed by atoms with Crippen LogP contribution in [0.4, 0.5) is 18.0 Å². The zero-order valence-electron chi connectivity index (χ0n) is 20.0. The minimum atomic E-state index is -4.87. The molecule has 0 radical (unpaired) electrons. The third-order valence-corrected chi connectivity index (χ3v) is 5.89. The van der Waals surface area contributed by atoms with Gasteiger partial charge in [0, 0.05) is 17.8 Å². The van der Waals surface area contributed by atoms with Crippen molar-refractivity contribution in [2.75, 3.05) is 17.3 Å². The van der Waals surface area contributed by atoms with E-state index in [1.54, 1.807) is 27.7 Å². The van der Waals surface area contributed by atoms with E-state index in [1.807, 2.05) is 0 Å². The summed E-state index contributed by atoms with van der Waals surface area (Å²) < 4.78 is 72.7. The zero-order chi connectivity index (χ0) is 27.2. The van der Waals surface area contributed by atoms with Crippen molar-refractivity contribution in [2.24, 2.45) is 5.92 Å². The normalized spacial score (nSPS) is 12.5. The quantitative estimate of drug-likeness (QED) is 0.517. The number of carbonyl (C=O) groups is 1. The summed E-state index contributed by atoms with van der Waals surface area (Å²) in [6.45, 7) is 6.52. The molecule has 15 heteroatoms. The molecule has 1 aromatic carbocycles. The molecule has 0 aliphatic carbocycles. The number of aromatic amines is 1. The Balaban J connectivity index is 2.38. The van der Waals surface area contributed by atoms with Gasteiger partial charge in [0.1, 0.15) is 0 Å². The van der Waals surface area contributed by atoms with Crippen LogP contribution in [0.1, 0.15) is 39.3 Å². The first-order chi connectivity index (χ1) is 16.5. The predicted octanol–water partition coefficient (Wildman–Crippen LogP) is 2.84. The topological polar surface area (TPSA) is 136 Å². The lowest BCUT2D eigenvalue weighted by molar-refractivity contribution is -0.137. The number of sulfonamides is 1. The Bertz CT molecular complexity index is 1540. The van der Waals surface area contributed by atoms with Crippen molar-refractivity contribution >= 4 is 27.0 Å². The number of hydrogen-bond donors (Lipinski definition) is 1. The minimum absolute atomic E-state index is 0.0168. The smallest absolute Gasteiger partial charge is 0.444 e. The number of fused-ring (bicyclic) bond motifs is 1. The largest absolute Gasteiger partial charge is 0.447 e. The number of alkyl halides is 3. The van der Waals surface area contributed by atoms with E-state index in [0.717, 1.165) is 6.07 Å². The number of hydrogen-bond acceptors (Lipinski definition) is 7. The lowest BCUT2D eigenvalue weighted by Gasteiger charge is -2.22. The second-order valence-electron chi connectivity index (χ2n) is 8.72. The second kappa shape index (κ2) is 9.44. The van der Waals surface area contributed by atoms with Crippen LogP contribution in [0, 0.1) is 5.92 Å². The number of H-pyrrole nitrogens is 1. The van der Waals surface area contributed by atoms with Crippen molar-refractivity contribution in [1.29, 1.82) is 0 Å². The first-order valence-corrected chi connectivity index (χ1v) is 12.5. The van der Waals surface area contributed by atoms with Crippen molar-refractivity contribution in [3.8, 4) is 11.3 Å². The Kier molecular flexibility index (Phi) is 7.08. The first-order valence-electron chi connectivity index (χ1n) is 10.7. The molecule has 1 amide bonds. The van der Waals surface area contributed by atoms with E-state index in [9.17, 15) is 36.0 Å². The van der Waals surface area contributed by atoms with E-state index in [0.29, 0.717) is 12.3 Å². The molecule has 0 saturated heterocycles. The Morgan fingerprint density at radius 1 is 1.19 bits per heavy atom. The molecule has 0 atom stereocenters. The molecule has 3 rings (SSSR count). The number of ether oxygens (including phenoxy) is 1. The van der Waals surface area contributed by atoms with E-state index in [4.69, 9.17) is 4.74 Å². The lowest BCUT2D eigenvalue weighted by Crippen LogP contribution is -2.56. The lowest BCUT2D eigenvalue weighted by atomic mass is 10.0. The van der Waals surface area contributed by atoms with Crippen molar-refractivity contribution < 1.29 is 31.1 Å². The van der Waals surface area contributed by atoms with Crippen LogP contribution in [-0.4, -0.2) is 46.8 Å². The van der Waals surface area contributed by atoms with Gasteiger partial charge >= 0.3 is 18.0 Å². The van der Waals surface area contributed by atoms with Gasteiger partial charge in [0.25, 0.3) is 15.6 Å². The molecule has 0 aliphatic heterocycles. The number of aromatic nitrogens is 4. The van der Waals surface area contributed by atoms with Gasteiger partial charge < -0.3 is 9.72 Å². The summed E-state index contributed by atoms with van der Waals surface area (Å²) in [4.78, 5) is 40.6. The van der Waals surface area contributed by atoms with Gasteiger partial charge in [-0.15, -0.1) is 4.68 Å². The van der Waals surface area contributed by atoms with Gasteiger partial charge in [0.2, 0.25) is 0 Å². The molecule has 0 fully saturated rings. The summed E-state index contributed by atoms with van der Waals surface area (Å²) in [7, 11) is -4.57. The molecule has 36 heavy (non-hydrogen) atoms. The fourth-order valence-corrected chi connectivity index (χ4v) is 4.23. The molecule has 11 nitrogen and oxygen atoms in total. The van der Waals surface area contributed by atoms with Crippen LogP contribution in [0.15, 0.2) is 34.0 Å². The molecule has 0 saturated carbocycles. The van der Waals surface area contributed by atoms with E-state index < -0.39 is 55.6 Å². The summed E-state index contributed by atoms with van der Waals surface area (Å²) in [5.41, 5.74) is -4.84. The SMILES string of the molecule is CC(C)COC(=O)N(n1c(=O)[nH]c2cc(C(F)(F)F)c(-c3ccnn3C(C)C)cc2c1=O)S(C)(=O)=O. The molecule has 0 bridgehead atoms. The molecular formula is C21H24F3N5O6S. The summed E-state index contributed by atoms with van der Waals surface area (Å²) in [5, 5.41) is 3.55. The molecule has 1 N–H and O–H groups in total. The van der Waals surface area contributed by atoms with Crippen molar-refractivity contribution in [1.82, 2.24) is 19.4 Å². The number of nitrogens with zero attached hydrogens (tertiary/aromatic N) is 4. The van der Waals surface area contributed by atoms with Crippen LogP contribution in [0.2, 0.25) is 0 Å². The van der Waals surface area contributed by atoms with Crippen LogP contribution in [-0.2, 0) is 20.9 Å². The van der Waals surface area contributed by atoms with Crippen LogP contribution in [0.3, 0.4) is 0 Å². The molecule has 3 aromatic rings. The predicted molar refractivity (Wildman–Crippen MR) is 125 cm³/mol. The highest BCUT2D eigenvalue weighted by Gasteiger charge is 2.36. The third kappa shape index (κ3) is 5.15. The highest BCUT2D eigenvalue weighted by atomic mass is 32.2. The van der Waals surface area contributed by atoms with Crippen molar-refractivity contribution in [3.05, 3.63) is 50.8 Å². The fraction of sp³-hybridized carbons (Fsp3) is 0.429. The second-order valence-corrected chi connectivity index (χ2v) is 10.5. The summed E-state index contributed by atoms with van der Waals surface area (Å²) >= 11 is 0. The molecule has 2 aromatic heterocycles. The van der Waals surface area contributed by atoms with Crippen molar-refractivity contribution in [2.45, 2.75) is 39.9 Å². The molecule has 196 valence electrons. The third-order valence-electron chi connectivity index (χ3n) is 4.95. The average molecular weight is 532 g/mol. The van der Waals surface area contributed by atoms with E-state index in [2.05, 4.69) is 10.1 Å². The maximum atomic E-state index is 14.0. The summed E-state index contributed by atoms with van der Waals surface area (Å²) in [5.74, 6) is -0.198. The van der Waals surface area contributed by atoms with Gasteiger partial charge in [-0.2, -0.15) is 18.3 Å². The van der Waals surface area contributed by atoms with Crippen LogP contribution in [0.5, 0.6) is 0 Å². The van der Waals surface area contributed by atoms with Crippen LogP contribution in [0.25, 0.3) is 22.2 Å². The Morgan fingerprint density at radius 2 is 1.83 bits per heavy atom. The minimum Gasteiger partial charge on any atom is -0.447 e. The maximum Gasteiger partial charge on any atom is 0.444 e. The summed E-state index contributed by atoms with van der Waals surface area (Å²) in [6, 6.07) is 2.45. The fourth-order valence-electron chi connectivity index (χ4n) is 3.46. The number of nitrogens with one attached hydrogen (secondary N) is 1. The Morgan fingerprint density at radius 3 is 2.36 bits per heavy atom. The van der Waals surface area contributed by atoms with E-state index >= 15 is 0 Å². The van der Waals surface area contributed by atoms with Gasteiger partial charge in [-0.05, 0) is 38.0 Å². The highest BCUT2D eigenvalue weighted by molar-refractivity contribution is 7.92. The Labute approximate surface area is 203 Å². The Hall–Kier alpha value is -3.62. The van der Waals surface area contributed by atoms with E-state index in [-0.39, 0.29) is 33.4 Å². The van der Waals surface area contributed by atoms with Gasteiger partial charge in [0.05, 0.1) is 35.0 Å². The van der Waals surface area contributed by atoms with E-state index in [1.165, 1.54) is 16.9 Å². The van der Waals surface area contributed by atoms with Gasteiger partial charge in [0.15, 0.2) is 0 Å². The molecule has 2 heterocycles. The number of carbonyl (C=O) groups excluding carboxylic acids is 1. The van der Waals surface area contributed by atoms with Crippen molar-refractivity contribution in [3.63, 3.8) is 0 Å². The molecular weight excluding hydrogens is 507 g/mol. The number of benzene rings is 1. The van der Waals surface area contributed by atoms with Crippen LogP contribution < -0.4 is 15.7 Å². The molecule has 0 aliphatic rings. The first kappa shape index (κ1) is 27.0. The zero-order valence-corrected chi connectivity index (χ0v) is 20.8. The monoisotopic (exact) mass is 531 g/mol. The maximum absolute atomic E-state index is 14.0. The number of halogens is 3. The van der Waals surface area contributed by atoms with Gasteiger partial charge in [-0.1, -0.05) is 18.3 Å². The highest BCUT2D eigenvalue weighted by Crippen LogP contribution is 2.39.